The Balaban J connectivity index is 1.71. The normalized spacial score (nSPS) is 13.2. The fourth-order valence-corrected chi connectivity index (χ4v) is 2.97. The largest absolute Gasteiger partial charge is 0.481 e. The Morgan fingerprint density at radius 3 is 2.69 bits per heavy atom. The average Bonchev–Trinajstić information content (AvgIpc) is 3.18. The number of halogens is 1. The smallest absolute Gasteiger partial charge is 0.261 e. The maximum absolute atomic E-state index is 12.7. The summed E-state index contributed by atoms with van der Waals surface area (Å²) in [6.07, 6.45) is 2.62. The van der Waals surface area contributed by atoms with E-state index < -0.39 is 12.1 Å². The second kappa shape index (κ2) is 9.05. The molecule has 0 saturated carbocycles. The molecule has 3 rings (SSSR count). The Labute approximate surface area is 174 Å². The van der Waals surface area contributed by atoms with E-state index in [0.717, 1.165) is 11.1 Å². The molecule has 0 radical (unpaired) electrons. The number of nitrogens with one attached hydrogen (secondary N) is 1. The number of pyridine rings is 1. The summed E-state index contributed by atoms with van der Waals surface area (Å²) in [4.78, 5) is 21.2. The van der Waals surface area contributed by atoms with Crippen LogP contribution in [0.4, 0.5) is 0 Å². The second-order valence-corrected chi connectivity index (χ2v) is 7.53. The molecule has 2 atom stereocenters. The topological polar surface area (TPSA) is 90.1 Å². The lowest BCUT2D eigenvalue weighted by molar-refractivity contribution is -0.128. The molecule has 7 nitrogen and oxygen atoms in total. The van der Waals surface area contributed by atoms with Crippen LogP contribution in [0.15, 0.2) is 47.2 Å². The molecule has 1 N–H and O–H groups in total. The maximum atomic E-state index is 12.7. The number of amides is 1. The van der Waals surface area contributed by atoms with E-state index in [4.69, 9.17) is 20.9 Å². The van der Waals surface area contributed by atoms with Crippen molar-refractivity contribution < 1.29 is 14.1 Å². The lowest BCUT2D eigenvalue weighted by Crippen LogP contribution is -2.40. The molecule has 0 bridgehead atoms. The number of hydrogen-bond acceptors (Lipinski definition) is 6. The van der Waals surface area contributed by atoms with Crippen molar-refractivity contribution in [3.05, 3.63) is 59.2 Å². The van der Waals surface area contributed by atoms with Crippen LogP contribution in [0, 0.1) is 12.8 Å². The van der Waals surface area contributed by atoms with Crippen LogP contribution in [0.3, 0.4) is 0 Å². The number of hydrogen-bond donors (Lipinski definition) is 1. The fourth-order valence-electron chi connectivity index (χ4n) is 2.75. The number of aryl methyl sites for hydroxylation is 1. The first-order valence-electron chi connectivity index (χ1n) is 9.32. The first-order valence-corrected chi connectivity index (χ1v) is 9.70. The van der Waals surface area contributed by atoms with Crippen LogP contribution >= 0.6 is 11.6 Å². The Morgan fingerprint density at radius 2 is 2.03 bits per heavy atom. The zero-order chi connectivity index (χ0) is 21.0. The van der Waals surface area contributed by atoms with Crippen molar-refractivity contribution in [2.75, 3.05) is 0 Å². The Bertz CT molecular complexity index is 975. The number of benzene rings is 1. The van der Waals surface area contributed by atoms with Crippen LogP contribution in [-0.4, -0.2) is 27.1 Å². The highest BCUT2D eigenvalue weighted by molar-refractivity contribution is 6.30. The van der Waals surface area contributed by atoms with Gasteiger partial charge in [-0.25, -0.2) is 0 Å². The molecule has 0 spiro atoms. The molecule has 1 aromatic carbocycles. The third-order valence-electron chi connectivity index (χ3n) is 4.40. The molecule has 2 heterocycles. The Kier molecular flexibility index (Phi) is 6.49. The summed E-state index contributed by atoms with van der Waals surface area (Å²) >= 11 is 5.97. The van der Waals surface area contributed by atoms with Crippen molar-refractivity contribution in [2.45, 2.75) is 39.8 Å². The van der Waals surface area contributed by atoms with Gasteiger partial charge in [-0.3, -0.25) is 9.78 Å². The molecule has 2 aromatic heterocycles. The lowest BCUT2D eigenvalue weighted by atomic mass is 10.0. The van der Waals surface area contributed by atoms with Gasteiger partial charge in [0.2, 0.25) is 11.7 Å². The molecule has 3 aromatic rings. The number of ether oxygens (including phenoxy) is 1. The van der Waals surface area contributed by atoms with E-state index in [1.807, 2.05) is 26.8 Å². The number of nitrogens with zero attached hydrogens (tertiary/aromatic N) is 3. The zero-order valence-corrected chi connectivity index (χ0v) is 17.5. The predicted octanol–water partition coefficient (Wildman–Crippen LogP) is 4.37. The fraction of sp³-hybridized carbons (Fsp3) is 0.333. The standard InChI is InChI=1S/C21H23ClN4O3/c1-12(2)18(21-25-19(26-29-21)15-6-5-9-23-11-15)24-20(27)14(4)28-17-8-7-16(22)10-13(17)3/h5-12,14,18H,1-4H3,(H,24,27). The number of carbonyl (C=O) groups excluding carboxylic acids is 1. The van der Waals surface area contributed by atoms with Gasteiger partial charge in [-0.05, 0) is 55.7 Å². The second-order valence-electron chi connectivity index (χ2n) is 7.10. The number of carbonyl (C=O) groups is 1. The van der Waals surface area contributed by atoms with Crippen molar-refractivity contribution in [3.8, 4) is 17.1 Å². The van der Waals surface area contributed by atoms with Crippen molar-refractivity contribution >= 4 is 17.5 Å². The van der Waals surface area contributed by atoms with Gasteiger partial charge < -0.3 is 14.6 Å². The monoisotopic (exact) mass is 414 g/mol. The Hall–Kier alpha value is -2.93. The summed E-state index contributed by atoms with van der Waals surface area (Å²) < 4.78 is 11.2. The molecule has 2 unspecified atom stereocenters. The summed E-state index contributed by atoms with van der Waals surface area (Å²) in [5, 5.41) is 7.57. The average molecular weight is 415 g/mol. The molecule has 0 aliphatic rings. The summed E-state index contributed by atoms with van der Waals surface area (Å²) in [6, 6.07) is 8.46. The third-order valence-corrected chi connectivity index (χ3v) is 4.64. The molecule has 0 aliphatic carbocycles. The molecule has 29 heavy (non-hydrogen) atoms. The summed E-state index contributed by atoms with van der Waals surface area (Å²) in [5.41, 5.74) is 1.60. The lowest BCUT2D eigenvalue weighted by Gasteiger charge is -2.22. The minimum absolute atomic E-state index is 0.0330. The third kappa shape index (κ3) is 5.12. The summed E-state index contributed by atoms with van der Waals surface area (Å²) in [6.45, 7) is 7.50. The van der Waals surface area contributed by atoms with E-state index >= 15 is 0 Å². The minimum atomic E-state index is -0.711. The van der Waals surface area contributed by atoms with Gasteiger partial charge in [0.15, 0.2) is 6.10 Å². The van der Waals surface area contributed by atoms with Crippen LogP contribution in [0.1, 0.15) is 38.3 Å². The van der Waals surface area contributed by atoms with Crippen molar-refractivity contribution in [1.29, 1.82) is 0 Å². The Morgan fingerprint density at radius 1 is 1.24 bits per heavy atom. The molecular formula is C21H23ClN4O3. The molecular weight excluding hydrogens is 392 g/mol. The van der Waals surface area contributed by atoms with Gasteiger partial charge in [-0.15, -0.1) is 0 Å². The van der Waals surface area contributed by atoms with E-state index in [-0.39, 0.29) is 11.8 Å². The molecule has 8 heteroatoms. The van der Waals surface area contributed by atoms with E-state index in [1.165, 1.54) is 0 Å². The maximum Gasteiger partial charge on any atom is 0.261 e. The number of aromatic nitrogens is 3. The molecule has 0 saturated heterocycles. The summed E-state index contributed by atoms with van der Waals surface area (Å²) in [7, 11) is 0. The zero-order valence-electron chi connectivity index (χ0n) is 16.7. The van der Waals surface area contributed by atoms with Gasteiger partial charge in [0, 0.05) is 23.0 Å². The molecule has 0 aliphatic heterocycles. The van der Waals surface area contributed by atoms with Crippen LogP contribution in [0.2, 0.25) is 5.02 Å². The van der Waals surface area contributed by atoms with Gasteiger partial charge in [0.1, 0.15) is 11.8 Å². The molecule has 152 valence electrons. The van der Waals surface area contributed by atoms with Crippen molar-refractivity contribution in [1.82, 2.24) is 20.4 Å². The first-order chi connectivity index (χ1) is 13.8. The molecule has 0 fully saturated rings. The first kappa shape index (κ1) is 20.8. The SMILES string of the molecule is Cc1cc(Cl)ccc1OC(C)C(=O)NC(c1nc(-c2cccnc2)no1)C(C)C. The van der Waals surface area contributed by atoms with Gasteiger partial charge in [0.05, 0.1) is 0 Å². The molecule has 1 amide bonds. The van der Waals surface area contributed by atoms with Gasteiger partial charge >= 0.3 is 0 Å². The number of rotatable bonds is 7. The van der Waals surface area contributed by atoms with E-state index in [2.05, 4.69) is 20.4 Å². The predicted molar refractivity (Wildman–Crippen MR) is 110 cm³/mol. The van der Waals surface area contributed by atoms with Gasteiger partial charge in [-0.1, -0.05) is 30.6 Å². The van der Waals surface area contributed by atoms with E-state index in [9.17, 15) is 4.79 Å². The quantitative estimate of drug-likeness (QED) is 0.617. The highest BCUT2D eigenvalue weighted by Crippen LogP contribution is 2.25. The van der Waals surface area contributed by atoms with Gasteiger partial charge in [-0.2, -0.15) is 4.98 Å². The van der Waals surface area contributed by atoms with Crippen LogP contribution in [0.5, 0.6) is 5.75 Å². The van der Waals surface area contributed by atoms with Crippen molar-refractivity contribution in [3.63, 3.8) is 0 Å². The summed E-state index contributed by atoms with van der Waals surface area (Å²) in [5.74, 6) is 1.12. The highest BCUT2D eigenvalue weighted by Gasteiger charge is 2.27. The minimum Gasteiger partial charge on any atom is -0.481 e. The van der Waals surface area contributed by atoms with E-state index in [1.54, 1.807) is 43.6 Å². The highest BCUT2D eigenvalue weighted by atomic mass is 35.5. The van der Waals surface area contributed by atoms with E-state index in [0.29, 0.717) is 22.5 Å². The van der Waals surface area contributed by atoms with Crippen molar-refractivity contribution in [2.24, 2.45) is 5.92 Å². The van der Waals surface area contributed by atoms with Gasteiger partial charge in [0.25, 0.3) is 5.91 Å². The van der Waals surface area contributed by atoms with Crippen LogP contribution in [0.25, 0.3) is 11.4 Å². The van der Waals surface area contributed by atoms with Crippen LogP contribution < -0.4 is 10.1 Å². The van der Waals surface area contributed by atoms with Crippen LogP contribution in [-0.2, 0) is 4.79 Å².